The summed E-state index contributed by atoms with van der Waals surface area (Å²) in [6.07, 6.45) is 17.3. The summed E-state index contributed by atoms with van der Waals surface area (Å²) in [5.74, 6) is 2.00. The van der Waals surface area contributed by atoms with Crippen molar-refractivity contribution in [2.75, 3.05) is 0 Å². The summed E-state index contributed by atoms with van der Waals surface area (Å²) in [4.78, 5) is 0. The Kier molecular flexibility index (Phi) is 7.36. The minimum Gasteiger partial charge on any atom is -0.416 e. The monoisotopic (exact) mass is 598 g/mol. The fraction of sp³-hybridized carbons (Fsp3) is 0.100. The fourth-order valence-corrected chi connectivity index (χ4v) is 5.86. The lowest BCUT2D eigenvalue weighted by atomic mass is 9.97. The van der Waals surface area contributed by atoms with Crippen LogP contribution in [0.5, 0.6) is 0 Å². The van der Waals surface area contributed by atoms with Gasteiger partial charge in [-0.2, -0.15) is 0 Å². The van der Waals surface area contributed by atoms with E-state index >= 15 is 0 Å². The van der Waals surface area contributed by atoms with Gasteiger partial charge in [0.1, 0.15) is 0 Å². The molecule has 0 N–H and O–H groups in total. The predicted octanol–water partition coefficient (Wildman–Crippen LogP) is 10.3. The highest BCUT2D eigenvalue weighted by Crippen LogP contribution is 2.31. The van der Waals surface area contributed by atoms with Crippen molar-refractivity contribution in [1.29, 1.82) is 0 Å². The highest BCUT2D eigenvalue weighted by molar-refractivity contribution is 5.73. The largest absolute Gasteiger partial charge is 0.416 e. The lowest BCUT2D eigenvalue weighted by Crippen LogP contribution is -1.88. The molecule has 2 aliphatic carbocycles. The van der Waals surface area contributed by atoms with Gasteiger partial charge in [0.05, 0.1) is 0 Å². The van der Waals surface area contributed by atoms with Gasteiger partial charge in [0, 0.05) is 22.3 Å². The predicted molar refractivity (Wildman–Crippen MR) is 182 cm³/mol. The van der Waals surface area contributed by atoms with Crippen LogP contribution in [0.3, 0.4) is 0 Å². The van der Waals surface area contributed by atoms with E-state index in [0.29, 0.717) is 23.6 Å². The molecule has 0 amide bonds. The van der Waals surface area contributed by atoms with E-state index in [4.69, 9.17) is 8.83 Å². The van der Waals surface area contributed by atoms with Gasteiger partial charge in [-0.1, -0.05) is 85.0 Å². The lowest BCUT2D eigenvalue weighted by Gasteiger charge is -2.09. The van der Waals surface area contributed by atoms with Crippen molar-refractivity contribution >= 4 is 11.1 Å². The summed E-state index contributed by atoms with van der Waals surface area (Å²) in [6, 6.07) is 32.9. The number of allylic oxidation sites excluding steroid dienone is 8. The minimum absolute atomic E-state index is 0.492. The van der Waals surface area contributed by atoms with Crippen LogP contribution >= 0.6 is 0 Å². The summed E-state index contributed by atoms with van der Waals surface area (Å²) in [5.41, 5.74) is 10.9. The third-order valence-corrected chi connectivity index (χ3v) is 8.48. The number of benzene rings is 4. The maximum atomic E-state index is 6.04. The van der Waals surface area contributed by atoms with E-state index in [1.807, 2.05) is 48.5 Å². The second-order valence-corrected chi connectivity index (χ2v) is 11.5. The van der Waals surface area contributed by atoms with E-state index in [-0.39, 0.29) is 0 Å². The summed E-state index contributed by atoms with van der Waals surface area (Å²) in [7, 11) is 0. The van der Waals surface area contributed by atoms with Gasteiger partial charge in [-0.05, 0) is 108 Å². The van der Waals surface area contributed by atoms with E-state index in [2.05, 4.69) is 105 Å². The molecule has 0 bridgehead atoms. The number of aromatic nitrogens is 4. The molecule has 0 spiro atoms. The lowest BCUT2D eigenvalue weighted by molar-refractivity contribution is 0.584. The molecule has 0 radical (unpaired) electrons. The van der Waals surface area contributed by atoms with Gasteiger partial charge in [-0.15, -0.1) is 20.4 Å². The van der Waals surface area contributed by atoms with E-state index in [9.17, 15) is 0 Å². The Morgan fingerprint density at radius 1 is 0.348 bits per heavy atom. The Morgan fingerprint density at radius 3 is 0.913 bits per heavy atom. The second-order valence-electron chi connectivity index (χ2n) is 11.5. The molecule has 222 valence electrons. The third-order valence-electron chi connectivity index (χ3n) is 8.48. The molecule has 2 aliphatic rings. The van der Waals surface area contributed by atoms with E-state index in [1.54, 1.807) is 0 Å². The standard InChI is InChI=1S/C40H30N4O2/c1-3-7-27(8-4-1)29-11-19-33(20-12-29)37-41-43-39(45-37)35-23-15-31(16-24-35)32-17-25-36(26-18-32)40-44-42-38(46-40)34-21-13-30(14-22-34)28-9-5-2-6-10-28/h1-3,5,7,9,11-26H,4,6,8,10H2. The van der Waals surface area contributed by atoms with Crippen LogP contribution in [0.25, 0.3) is 68.1 Å². The molecule has 2 heterocycles. The Balaban J connectivity index is 0.935. The summed E-state index contributed by atoms with van der Waals surface area (Å²) in [6.45, 7) is 0. The maximum Gasteiger partial charge on any atom is 0.248 e. The van der Waals surface area contributed by atoms with Gasteiger partial charge in [0.25, 0.3) is 0 Å². The molecule has 46 heavy (non-hydrogen) atoms. The van der Waals surface area contributed by atoms with Crippen molar-refractivity contribution in [1.82, 2.24) is 20.4 Å². The van der Waals surface area contributed by atoms with Crippen LogP contribution in [0, 0.1) is 0 Å². The normalized spacial score (nSPS) is 14.3. The molecule has 8 rings (SSSR count). The van der Waals surface area contributed by atoms with Crippen LogP contribution < -0.4 is 0 Å². The van der Waals surface area contributed by atoms with Gasteiger partial charge in [-0.3, -0.25) is 0 Å². The van der Waals surface area contributed by atoms with E-state index < -0.39 is 0 Å². The molecule has 0 unspecified atom stereocenters. The number of nitrogens with zero attached hydrogens (tertiary/aromatic N) is 4. The first kappa shape index (κ1) is 27.7. The third kappa shape index (κ3) is 5.69. The van der Waals surface area contributed by atoms with Crippen LogP contribution in [-0.4, -0.2) is 20.4 Å². The summed E-state index contributed by atoms with van der Waals surface area (Å²) >= 11 is 0. The van der Waals surface area contributed by atoms with Crippen LogP contribution in [0.2, 0.25) is 0 Å². The number of rotatable bonds is 7. The van der Waals surface area contributed by atoms with Crippen molar-refractivity contribution in [3.63, 3.8) is 0 Å². The van der Waals surface area contributed by atoms with Crippen molar-refractivity contribution in [2.45, 2.75) is 25.7 Å². The Hall–Kier alpha value is -5.88. The van der Waals surface area contributed by atoms with Crippen molar-refractivity contribution in [2.24, 2.45) is 0 Å². The van der Waals surface area contributed by atoms with Gasteiger partial charge < -0.3 is 8.83 Å². The molecular formula is C40H30N4O2. The Morgan fingerprint density at radius 2 is 0.630 bits per heavy atom. The fourth-order valence-electron chi connectivity index (χ4n) is 5.86. The van der Waals surface area contributed by atoms with Gasteiger partial charge in [-0.25, -0.2) is 0 Å². The molecule has 4 aromatic carbocycles. The quantitative estimate of drug-likeness (QED) is 0.182. The molecular weight excluding hydrogens is 568 g/mol. The molecule has 2 aromatic heterocycles. The molecule has 0 saturated carbocycles. The molecule has 0 aliphatic heterocycles. The van der Waals surface area contributed by atoms with Gasteiger partial charge >= 0.3 is 0 Å². The van der Waals surface area contributed by atoms with Crippen LogP contribution in [0.15, 0.2) is 142 Å². The van der Waals surface area contributed by atoms with Crippen LogP contribution in [0.1, 0.15) is 36.8 Å². The van der Waals surface area contributed by atoms with Gasteiger partial charge in [0.2, 0.25) is 23.6 Å². The SMILES string of the molecule is C1=CCCC(c2ccc(-c3nnc(-c4ccc(-c5ccc(-c6nnc(-c7ccc(C8=CC=CCC8)cc7)o6)cc5)cc4)o3)cc2)=C1. The maximum absolute atomic E-state index is 6.04. The molecule has 0 atom stereocenters. The van der Waals surface area contributed by atoms with E-state index in [1.165, 1.54) is 22.3 Å². The molecule has 6 heteroatoms. The topological polar surface area (TPSA) is 77.8 Å². The first-order valence-corrected chi connectivity index (χ1v) is 15.6. The smallest absolute Gasteiger partial charge is 0.248 e. The molecule has 6 aromatic rings. The van der Waals surface area contributed by atoms with Crippen LogP contribution in [0.4, 0.5) is 0 Å². The van der Waals surface area contributed by atoms with Crippen molar-refractivity contribution < 1.29 is 8.83 Å². The molecule has 0 fully saturated rings. The van der Waals surface area contributed by atoms with Crippen molar-refractivity contribution in [3.8, 4) is 56.9 Å². The molecule has 6 nitrogen and oxygen atoms in total. The van der Waals surface area contributed by atoms with Crippen molar-refractivity contribution in [3.05, 3.63) is 145 Å². The highest BCUT2D eigenvalue weighted by atomic mass is 16.4. The summed E-state index contributed by atoms with van der Waals surface area (Å²) < 4.78 is 12.1. The summed E-state index contributed by atoms with van der Waals surface area (Å²) in [5, 5.41) is 17.2. The Labute approximate surface area is 267 Å². The minimum atomic E-state index is 0.492. The highest BCUT2D eigenvalue weighted by Gasteiger charge is 2.14. The van der Waals surface area contributed by atoms with Gasteiger partial charge in [0.15, 0.2) is 0 Å². The zero-order valence-electron chi connectivity index (χ0n) is 25.1. The zero-order valence-corrected chi connectivity index (χ0v) is 25.1. The zero-order chi connectivity index (χ0) is 30.7. The number of hydrogen-bond acceptors (Lipinski definition) is 6. The van der Waals surface area contributed by atoms with Crippen LogP contribution in [-0.2, 0) is 0 Å². The Bertz CT molecular complexity index is 1950. The average Bonchev–Trinajstić information content (AvgIpc) is 3.84. The second kappa shape index (κ2) is 12.3. The van der Waals surface area contributed by atoms with E-state index in [0.717, 1.165) is 59.1 Å². The molecule has 0 saturated heterocycles. The first-order valence-electron chi connectivity index (χ1n) is 15.6. The number of hydrogen-bond donors (Lipinski definition) is 0. The average molecular weight is 599 g/mol. The first-order chi connectivity index (χ1) is 22.8.